The zero-order chi connectivity index (χ0) is 16.1. The quantitative estimate of drug-likeness (QED) is 0.643. The van der Waals surface area contributed by atoms with Gasteiger partial charge in [-0.3, -0.25) is 4.79 Å². The largest absolute Gasteiger partial charge is 0.299 e. The second-order valence-corrected chi connectivity index (χ2v) is 9.24. The molecular formula is C21H30OS. The van der Waals surface area contributed by atoms with Crippen LogP contribution < -0.4 is 0 Å². The van der Waals surface area contributed by atoms with Gasteiger partial charge in [0.2, 0.25) is 0 Å². The molecule has 4 aliphatic carbocycles. The minimum atomic E-state index is -0.155. The van der Waals surface area contributed by atoms with Crippen LogP contribution in [0, 0.1) is 28.6 Å². The highest BCUT2D eigenvalue weighted by Gasteiger charge is 2.60. The van der Waals surface area contributed by atoms with Crippen LogP contribution in [-0.2, 0) is 4.79 Å². The Morgan fingerprint density at radius 3 is 2.91 bits per heavy atom. The van der Waals surface area contributed by atoms with Crippen molar-refractivity contribution < 1.29 is 4.79 Å². The van der Waals surface area contributed by atoms with E-state index in [0.717, 1.165) is 31.1 Å². The van der Waals surface area contributed by atoms with Crippen molar-refractivity contribution in [2.45, 2.75) is 57.8 Å². The highest BCUT2D eigenvalue weighted by molar-refractivity contribution is 7.98. The third-order valence-corrected chi connectivity index (χ3v) is 8.65. The third-order valence-electron chi connectivity index (χ3n) is 7.85. The SMILES string of the molecule is C=C[C@]12CC[C@H]3[C@@H](CCC4=CCCC[C@@]43CSC)[C@@H]1CCC2=O. The van der Waals surface area contributed by atoms with E-state index in [4.69, 9.17) is 0 Å². The van der Waals surface area contributed by atoms with Crippen molar-refractivity contribution in [3.05, 3.63) is 24.3 Å². The van der Waals surface area contributed by atoms with E-state index in [2.05, 4.69) is 25.0 Å². The number of carbonyl (C=O) groups excluding carboxylic acids is 1. The molecule has 0 unspecified atom stereocenters. The fraction of sp³-hybridized carbons (Fsp3) is 0.762. The van der Waals surface area contributed by atoms with Gasteiger partial charge >= 0.3 is 0 Å². The van der Waals surface area contributed by atoms with Gasteiger partial charge in [0.1, 0.15) is 5.78 Å². The lowest BCUT2D eigenvalue weighted by molar-refractivity contribution is -0.129. The Morgan fingerprint density at radius 2 is 2.13 bits per heavy atom. The van der Waals surface area contributed by atoms with Crippen LogP contribution in [0.3, 0.4) is 0 Å². The summed E-state index contributed by atoms with van der Waals surface area (Å²) in [6.45, 7) is 4.10. The van der Waals surface area contributed by atoms with E-state index in [1.165, 1.54) is 44.3 Å². The second kappa shape index (κ2) is 5.79. The Balaban J connectivity index is 1.73. The fourth-order valence-electron chi connectivity index (χ4n) is 6.93. The molecule has 0 aromatic carbocycles. The minimum absolute atomic E-state index is 0.155. The number of Topliss-reactive ketones (excluding diaryl/α,β-unsaturated/α-hetero) is 1. The number of hydrogen-bond acceptors (Lipinski definition) is 2. The first-order valence-corrected chi connectivity index (χ1v) is 10.9. The maximum atomic E-state index is 12.6. The van der Waals surface area contributed by atoms with Gasteiger partial charge in [-0.15, -0.1) is 6.58 Å². The van der Waals surface area contributed by atoms with Gasteiger partial charge in [-0.1, -0.05) is 17.7 Å². The van der Waals surface area contributed by atoms with Gasteiger partial charge in [-0.05, 0) is 75.4 Å². The van der Waals surface area contributed by atoms with Crippen LogP contribution in [0.1, 0.15) is 57.8 Å². The molecule has 0 N–H and O–H groups in total. The molecule has 1 nitrogen and oxygen atoms in total. The molecule has 0 heterocycles. The molecule has 0 bridgehead atoms. The molecule has 4 rings (SSSR count). The van der Waals surface area contributed by atoms with Crippen LogP contribution in [0.2, 0.25) is 0 Å². The number of carbonyl (C=O) groups is 1. The van der Waals surface area contributed by atoms with Crippen LogP contribution in [-0.4, -0.2) is 17.8 Å². The summed E-state index contributed by atoms with van der Waals surface area (Å²) in [6, 6.07) is 0. The van der Waals surface area contributed by atoms with Crippen molar-refractivity contribution in [2.75, 3.05) is 12.0 Å². The van der Waals surface area contributed by atoms with E-state index >= 15 is 0 Å². The molecule has 126 valence electrons. The predicted octanol–water partition coefficient (Wildman–Crippen LogP) is 5.42. The number of hydrogen-bond donors (Lipinski definition) is 0. The number of ketones is 1. The van der Waals surface area contributed by atoms with E-state index in [1.807, 2.05) is 11.8 Å². The van der Waals surface area contributed by atoms with Gasteiger partial charge in [-0.2, -0.15) is 11.8 Å². The molecule has 0 amide bonds. The summed E-state index contributed by atoms with van der Waals surface area (Å²) in [5, 5.41) is 0. The number of fused-ring (bicyclic) bond motifs is 5. The standard InChI is InChI=1S/C21H30OS/c1-3-20-13-11-18-16(17(20)9-10-19(20)22)8-7-15-6-4-5-12-21(15,18)14-23-2/h3,6,16-18H,1,4-5,7-14H2,2H3/t16-,17-,18-,20-,21+/m0/s1. The average molecular weight is 331 g/mol. The molecule has 0 aliphatic heterocycles. The maximum Gasteiger partial charge on any atom is 0.143 e. The normalized spacial score (nSPS) is 45.7. The Hall–Kier alpha value is -0.500. The first kappa shape index (κ1) is 16.0. The lowest BCUT2D eigenvalue weighted by Gasteiger charge is -2.58. The summed E-state index contributed by atoms with van der Waals surface area (Å²) in [5.74, 6) is 3.96. The molecule has 0 radical (unpaired) electrons. The Labute approximate surface area is 145 Å². The summed E-state index contributed by atoms with van der Waals surface area (Å²) >= 11 is 2.04. The van der Waals surface area contributed by atoms with Crippen molar-refractivity contribution in [1.29, 1.82) is 0 Å². The number of rotatable bonds is 3. The Bertz CT molecular complexity index is 550. The van der Waals surface area contributed by atoms with E-state index in [0.29, 0.717) is 17.1 Å². The van der Waals surface area contributed by atoms with Crippen molar-refractivity contribution in [1.82, 2.24) is 0 Å². The summed E-state index contributed by atoms with van der Waals surface area (Å²) in [4.78, 5) is 12.6. The van der Waals surface area contributed by atoms with E-state index < -0.39 is 0 Å². The zero-order valence-corrected chi connectivity index (χ0v) is 15.3. The maximum absolute atomic E-state index is 12.6. The van der Waals surface area contributed by atoms with Crippen molar-refractivity contribution >= 4 is 17.5 Å². The summed E-state index contributed by atoms with van der Waals surface area (Å²) in [6.07, 6.45) is 17.8. The Kier molecular flexibility index (Phi) is 4.03. The lowest BCUT2D eigenvalue weighted by Crippen LogP contribution is -2.52. The van der Waals surface area contributed by atoms with Crippen LogP contribution >= 0.6 is 11.8 Å². The molecule has 0 aromatic heterocycles. The van der Waals surface area contributed by atoms with Crippen molar-refractivity contribution in [3.8, 4) is 0 Å². The monoisotopic (exact) mass is 330 g/mol. The summed E-state index contributed by atoms with van der Waals surface area (Å²) in [5.41, 5.74) is 2.09. The topological polar surface area (TPSA) is 17.1 Å². The van der Waals surface area contributed by atoms with Gasteiger partial charge in [0.05, 0.1) is 0 Å². The highest BCUT2D eigenvalue weighted by atomic mass is 32.2. The van der Waals surface area contributed by atoms with E-state index in [9.17, 15) is 4.79 Å². The van der Waals surface area contributed by atoms with Gasteiger partial charge in [0.15, 0.2) is 0 Å². The fourth-order valence-corrected chi connectivity index (χ4v) is 7.99. The molecule has 0 saturated heterocycles. The lowest BCUT2D eigenvalue weighted by atomic mass is 9.47. The van der Waals surface area contributed by atoms with E-state index in [1.54, 1.807) is 5.57 Å². The Morgan fingerprint density at radius 1 is 1.26 bits per heavy atom. The molecule has 3 saturated carbocycles. The van der Waals surface area contributed by atoms with Crippen molar-refractivity contribution in [3.63, 3.8) is 0 Å². The molecule has 5 atom stereocenters. The van der Waals surface area contributed by atoms with Gasteiger partial charge in [0.25, 0.3) is 0 Å². The third kappa shape index (κ3) is 2.09. The molecule has 0 spiro atoms. The molecule has 2 heteroatoms. The predicted molar refractivity (Wildman–Crippen MR) is 98.6 cm³/mol. The van der Waals surface area contributed by atoms with Crippen molar-refractivity contribution in [2.24, 2.45) is 28.6 Å². The van der Waals surface area contributed by atoms with Crippen LogP contribution in [0.4, 0.5) is 0 Å². The van der Waals surface area contributed by atoms with Gasteiger partial charge < -0.3 is 0 Å². The summed E-state index contributed by atoms with van der Waals surface area (Å²) < 4.78 is 0. The van der Waals surface area contributed by atoms with Crippen LogP contribution in [0.15, 0.2) is 24.3 Å². The first-order chi connectivity index (χ1) is 11.2. The molecule has 0 aromatic rings. The number of thioether (sulfide) groups is 1. The van der Waals surface area contributed by atoms with Gasteiger partial charge in [-0.25, -0.2) is 0 Å². The molecule has 4 aliphatic rings. The smallest absolute Gasteiger partial charge is 0.143 e. The zero-order valence-electron chi connectivity index (χ0n) is 14.5. The van der Waals surface area contributed by atoms with Crippen LogP contribution in [0.5, 0.6) is 0 Å². The van der Waals surface area contributed by atoms with Gasteiger partial charge in [0, 0.05) is 23.0 Å². The highest BCUT2D eigenvalue weighted by Crippen LogP contribution is 2.65. The van der Waals surface area contributed by atoms with Crippen LogP contribution in [0.25, 0.3) is 0 Å². The molecule has 3 fully saturated rings. The summed E-state index contributed by atoms with van der Waals surface area (Å²) in [7, 11) is 0. The first-order valence-electron chi connectivity index (χ1n) is 9.53. The minimum Gasteiger partial charge on any atom is -0.299 e. The molecule has 23 heavy (non-hydrogen) atoms. The van der Waals surface area contributed by atoms with E-state index in [-0.39, 0.29) is 5.41 Å². The average Bonchev–Trinajstić information content (AvgIpc) is 2.92. The second-order valence-electron chi connectivity index (χ2n) is 8.37. The molecular weight excluding hydrogens is 300 g/mol. The number of allylic oxidation sites excluding steroid dienone is 3.